The van der Waals surface area contributed by atoms with Crippen molar-refractivity contribution in [3.63, 3.8) is 0 Å². The zero-order valence-corrected chi connectivity index (χ0v) is 10.3. The lowest BCUT2D eigenvalue weighted by Crippen LogP contribution is -2.36. The largest absolute Gasteiger partial charge is 0.465 e. The van der Waals surface area contributed by atoms with E-state index in [4.69, 9.17) is 0 Å². The van der Waals surface area contributed by atoms with Crippen LogP contribution < -0.4 is 4.90 Å². The van der Waals surface area contributed by atoms with Gasteiger partial charge in [0.2, 0.25) is 0 Å². The monoisotopic (exact) mass is 221 g/mol. The van der Waals surface area contributed by atoms with E-state index in [-0.39, 0.29) is 6.04 Å². The van der Waals surface area contributed by atoms with Crippen molar-refractivity contribution in [1.82, 2.24) is 0 Å². The molecule has 0 aliphatic rings. The highest BCUT2D eigenvalue weighted by molar-refractivity contribution is 5.87. The molecule has 88 valence electrons. The SMILES string of the molecule is CC(C)c1ccccc1N(C(=O)O)C(C)C. The first-order valence-electron chi connectivity index (χ1n) is 5.56. The molecular formula is C13H19NO2. The van der Waals surface area contributed by atoms with E-state index >= 15 is 0 Å². The lowest BCUT2D eigenvalue weighted by Gasteiger charge is -2.27. The molecule has 0 bridgehead atoms. The van der Waals surface area contributed by atoms with Crippen LogP contribution in [0.4, 0.5) is 10.5 Å². The molecule has 1 amide bonds. The summed E-state index contributed by atoms with van der Waals surface area (Å²) in [6.45, 7) is 7.90. The summed E-state index contributed by atoms with van der Waals surface area (Å²) >= 11 is 0. The highest BCUT2D eigenvalue weighted by atomic mass is 16.4. The molecule has 1 N–H and O–H groups in total. The maximum Gasteiger partial charge on any atom is 0.412 e. The second-order valence-corrected chi connectivity index (χ2v) is 4.46. The fourth-order valence-corrected chi connectivity index (χ4v) is 1.80. The summed E-state index contributed by atoms with van der Waals surface area (Å²) < 4.78 is 0. The summed E-state index contributed by atoms with van der Waals surface area (Å²) in [6, 6.07) is 7.61. The molecule has 0 saturated heterocycles. The maximum atomic E-state index is 11.2. The average molecular weight is 221 g/mol. The average Bonchev–Trinajstić information content (AvgIpc) is 2.17. The summed E-state index contributed by atoms with van der Waals surface area (Å²) in [7, 11) is 0. The second-order valence-electron chi connectivity index (χ2n) is 4.46. The summed E-state index contributed by atoms with van der Waals surface area (Å²) in [5.74, 6) is 0.316. The van der Waals surface area contributed by atoms with Crippen molar-refractivity contribution in [3.8, 4) is 0 Å². The normalized spacial score (nSPS) is 10.9. The van der Waals surface area contributed by atoms with Gasteiger partial charge >= 0.3 is 6.09 Å². The Bertz CT molecular complexity index is 372. The Labute approximate surface area is 96.7 Å². The molecule has 0 unspecified atom stereocenters. The number of anilines is 1. The molecule has 0 saturated carbocycles. The predicted molar refractivity (Wildman–Crippen MR) is 66.2 cm³/mol. The van der Waals surface area contributed by atoms with Crippen molar-refractivity contribution in [2.24, 2.45) is 0 Å². The van der Waals surface area contributed by atoms with E-state index in [2.05, 4.69) is 13.8 Å². The number of carbonyl (C=O) groups is 1. The fourth-order valence-electron chi connectivity index (χ4n) is 1.80. The molecule has 0 aliphatic heterocycles. The molecule has 16 heavy (non-hydrogen) atoms. The Kier molecular flexibility index (Phi) is 3.93. The number of para-hydroxylation sites is 1. The molecule has 0 spiro atoms. The van der Waals surface area contributed by atoms with Crippen LogP contribution in [0.1, 0.15) is 39.2 Å². The van der Waals surface area contributed by atoms with Crippen LogP contribution in [0, 0.1) is 0 Å². The number of rotatable bonds is 3. The van der Waals surface area contributed by atoms with Crippen LogP contribution in [0.15, 0.2) is 24.3 Å². The van der Waals surface area contributed by atoms with Crippen molar-refractivity contribution in [2.75, 3.05) is 4.90 Å². The van der Waals surface area contributed by atoms with Gasteiger partial charge < -0.3 is 5.11 Å². The number of nitrogens with zero attached hydrogens (tertiary/aromatic N) is 1. The van der Waals surface area contributed by atoms with E-state index in [1.54, 1.807) is 0 Å². The number of hydrogen-bond acceptors (Lipinski definition) is 1. The van der Waals surface area contributed by atoms with Crippen molar-refractivity contribution in [1.29, 1.82) is 0 Å². The fraction of sp³-hybridized carbons (Fsp3) is 0.462. The van der Waals surface area contributed by atoms with Gasteiger partial charge in [-0.25, -0.2) is 4.79 Å². The summed E-state index contributed by atoms with van der Waals surface area (Å²) in [4.78, 5) is 12.7. The molecule has 0 heterocycles. The van der Waals surface area contributed by atoms with Gasteiger partial charge in [-0.15, -0.1) is 0 Å². The molecule has 0 radical (unpaired) electrons. The van der Waals surface area contributed by atoms with Gasteiger partial charge in [0.15, 0.2) is 0 Å². The van der Waals surface area contributed by atoms with E-state index in [1.807, 2.05) is 38.1 Å². The van der Waals surface area contributed by atoms with Gasteiger partial charge in [-0.2, -0.15) is 0 Å². The maximum absolute atomic E-state index is 11.2. The first-order chi connectivity index (χ1) is 7.45. The Morgan fingerprint density at radius 3 is 2.19 bits per heavy atom. The standard InChI is InChI=1S/C13H19NO2/c1-9(2)11-7-5-6-8-12(11)14(10(3)4)13(15)16/h5-10H,1-4H3,(H,15,16). The van der Waals surface area contributed by atoms with Gasteiger partial charge in [-0.05, 0) is 31.4 Å². The predicted octanol–water partition coefficient (Wildman–Crippen LogP) is 3.70. The smallest absolute Gasteiger partial charge is 0.412 e. The molecule has 0 aliphatic carbocycles. The quantitative estimate of drug-likeness (QED) is 0.845. The Morgan fingerprint density at radius 1 is 1.19 bits per heavy atom. The van der Waals surface area contributed by atoms with Gasteiger partial charge in [0.25, 0.3) is 0 Å². The lowest BCUT2D eigenvalue weighted by molar-refractivity contribution is 0.200. The Balaban J connectivity index is 3.24. The number of amides is 1. The van der Waals surface area contributed by atoms with E-state index < -0.39 is 6.09 Å². The third-order valence-corrected chi connectivity index (χ3v) is 2.54. The molecule has 0 atom stereocenters. The molecule has 3 nitrogen and oxygen atoms in total. The third-order valence-electron chi connectivity index (χ3n) is 2.54. The van der Waals surface area contributed by atoms with Crippen LogP contribution in [0.3, 0.4) is 0 Å². The first-order valence-corrected chi connectivity index (χ1v) is 5.56. The van der Waals surface area contributed by atoms with Crippen molar-refractivity contribution in [3.05, 3.63) is 29.8 Å². The number of carboxylic acid groups (broad SMARTS) is 1. The topological polar surface area (TPSA) is 40.5 Å². The minimum atomic E-state index is -0.900. The van der Waals surface area contributed by atoms with Crippen molar-refractivity contribution >= 4 is 11.8 Å². The van der Waals surface area contributed by atoms with E-state index in [1.165, 1.54) is 4.90 Å². The number of benzene rings is 1. The third kappa shape index (κ3) is 2.54. The van der Waals surface area contributed by atoms with E-state index in [0.717, 1.165) is 11.3 Å². The molecule has 1 aromatic carbocycles. The molecule has 1 rings (SSSR count). The van der Waals surface area contributed by atoms with Crippen LogP contribution in [0.25, 0.3) is 0 Å². The highest BCUT2D eigenvalue weighted by Crippen LogP contribution is 2.28. The molecule has 0 aromatic heterocycles. The summed E-state index contributed by atoms with van der Waals surface area (Å²) in [6.07, 6.45) is -0.900. The van der Waals surface area contributed by atoms with Gasteiger partial charge in [0.05, 0.1) is 5.69 Å². The molecule has 0 fully saturated rings. The van der Waals surface area contributed by atoms with Crippen LogP contribution in [0.2, 0.25) is 0 Å². The van der Waals surface area contributed by atoms with Crippen LogP contribution in [-0.4, -0.2) is 17.2 Å². The lowest BCUT2D eigenvalue weighted by atomic mass is 10.00. The van der Waals surface area contributed by atoms with Crippen molar-refractivity contribution < 1.29 is 9.90 Å². The minimum absolute atomic E-state index is 0.0580. The van der Waals surface area contributed by atoms with Gasteiger partial charge in [0.1, 0.15) is 0 Å². The van der Waals surface area contributed by atoms with Gasteiger partial charge in [-0.1, -0.05) is 32.0 Å². The van der Waals surface area contributed by atoms with E-state index in [0.29, 0.717) is 5.92 Å². The Morgan fingerprint density at radius 2 is 1.75 bits per heavy atom. The molecule has 3 heteroatoms. The summed E-state index contributed by atoms with van der Waals surface area (Å²) in [5.41, 5.74) is 1.86. The van der Waals surface area contributed by atoms with Gasteiger partial charge in [0, 0.05) is 6.04 Å². The minimum Gasteiger partial charge on any atom is -0.465 e. The zero-order valence-electron chi connectivity index (χ0n) is 10.3. The second kappa shape index (κ2) is 5.01. The van der Waals surface area contributed by atoms with Crippen LogP contribution in [0.5, 0.6) is 0 Å². The molecule has 1 aromatic rings. The van der Waals surface area contributed by atoms with Crippen LogP contribution >= 0.6 is 0 Å². The van der Waals surface area contributed by atoms with E-state index in [9.17, 15) is 9.90 Å². The molecular weight excluding hydrogens is 202 g/mol. The first kappa shape index (κ1) is 12.6. The number of hydrogen-bond donors (Lipinski definition) is 1. The van der Waals surface area contributed by atoms with Crippen LogP contribution in [-0.2, 0) is 0 Å². The Hall–Kier alpha value is -1.51. The van der Waals surface area contributed by atoms with Gasteiger partial charge in [-0.3, -0.25) is 4.90 Å². The summed E-state index contributed by atoms with van der Waals surface area (Å²) in [5, 5.41) is 9.23. The van der Waals surface area contributed by atoms with Crippen molar-refractivity contribution in [2.45, 2.75) is 39.7 Å². The zero-order chi connectivity index (χ0) is 12.3. The highest BCUT2D eigenvalue weighted by Gasteiger charge is 2.21.